The number of fused-ring (bicyclic) bond motifs is 2. The van der Waals surface area contributed by atoms with E-state index in [9.17, 15) is 14.4 Å². The minimum absolute atomic E-state index is 0.114. The van der Waals surface area contributed by atoms with Gasteiger partial charge in [-0.05, 0) is 24.3 Å². The molecule has 6 rings (SSSR count). The van der Waals surface area contributed by atoms with E-state index in [0.29, 0.717) is 5.56 Å². The monoisotopic (exact) mass is 515 g/mol. The molecule has 194 valence electrons. The summed E-state index contributed by atoms with van der Waals surface area (Å²) in [4.78, 5) is 41.5. The Morgan fingerprint density at radius 2 is 1.45 bits per heavy atom. The summed E-state index contributed by atoms with van der Waals surface area (Å²) >= 11 is 0. The molecule has 2 amide bonds. The van der Waals surface area contributed by atoms with Crippen molar-refractivity contribution in [1.82, 2.24) is 4.90 Å². The van der Waals surface area contributed by atoms with E-state index in [1.54, 1.807) is 54.6 Å². The van der Waals surface area contributed by atoms with E-state index in [2.05, 4.69) is 0 Å². The number of esters is 1. The lowest BCUT2D eigenvalue weighted by Crippen LogP contribution is -2.68. The van der Waals surface area contributed by atoms with E-state index in [1.165, 1.54) is 7.11 Å². The summed E-state index contributed by atoms with van der Waals surface area (Å²) in [5, 5.41) is 0. The van der Waals surface area contributed by atoms with Gasteiger partial charge in [-0.3, -0.25) is 14.5 Å². The fourth-order valence-corrected chi connectivity index (χ4v) is 5.20. The molecule has 3 heterocycles. The number of hydrogen-bond donors (Lipinski definition) is 0. The van der Waals surface area contributed by atoms with Crippen LogP contribution < -0.4 is 0 Å². The Morgan fingerprint density at radius 1 is 0.842 bits per heavy atom. The molecule has 6 atom stereocenters. The highest BCUT2D eigenvalue weighted by atomic mass is 16.8. The molecule has 0 spiro atoms. The number of carbonyl (C=O) groups is 3. The van der Waals surface area contributed by atoms with Crippen LogP contribution in [0.1, 0.15) is 42.9 Å². The topological polar surface area (TPSA) is 101 Å². The van der Waals surface area contributed by atoms with Crippen molar-refractivity contribution >= 4 is 17.8 Å². The highest BCUT2D eigenvalue weighted by Crippen LogP contribution is 2.40. The van der Waals surface area contributed by atoms with Crippen molar-refractivity contribution in [2.75, 3.05) is 13.7 Å². The largest absolute Gasteiger partial charge is 0.451 e. The standard InChI is InChI=1S/C29H25NO8/c1-34-29-24(37-27(33)17-10-4-2-5-11-17)22(30-25(31)19-14-8-9-15-20(19)26(30)32)23-21(36-29)16-35-28(38-23)18-12-6-3-7-13-18/h2-15,21-24,28-29H,16H2,1H3/t21-,22-,23-,24+,28-,29+/m1/s1. The average molecular weight is 516 g/mol. The fourth-order valence-electron chi connectivity index (χ4n) is 5.20. The molecule has 3 aliphatic heterocycles. The number of imide groups is 1. The zero-order valence-electron chi connectivity index (χ0n) is 20.5. The number of ether oxygens (including phenoxy) is 5. The van der Waals surface area contributed by atoms with Gasteiger partial charge in [0.25, 0.3) is 11.8 Å². The van der Waals surface area contributed by atoms with Gasteiger partial charge in [-0.15, -0.1) is 0 Å². The van der Waals surface area contributed by atoms with Crippen molar-refractivity contribution in [3.8, 4) is 0 Å². The summed E-state index contributed by atoms with van der Waals surface area (Å²) in [5.74, 6) is -1.65. The van der Waals surface area contributed by atoms with Crippen LogP contribution in [0, 0.1) is 0 Å². The molecule has 0 unspecified atom stereocenters. The van der Waals surface area contributed by atoms with Crippen molar-refractivity contribution in [3.63, 3.8) is 0 Å². The Kier molecular flexibility index (Phi) is 6.50. The number of hydrogen-bond acceptors (Lipinski definition) is 8. The molecule has 0 bridgehead atoms. The van der Waals surface area contributed by atoms with Crippen molar-refractivity contribution in [1.29, 1.82) is 0 Å². The second-order valence-corrected chi connectivity index (χ2v) is 9.21. The van der Waals surface area contributed by atoms with E-state index in [4.69, 9.17) is 23.7 Å². The Bertz CT molecular complexity index is 1310. The molecule has 9 nitrogen and oxygen atoms in total. The molecule has 3 aromatic carbocycles. The molecule has 0 radical (unpaired) electrons. The van der Waals surface area contributed by atoms with Gasteiger partial charge in [-0.1, -0.05) is 60.7 Å². The zero-order valence-corrected chi connectivity index (χ0v) is 20.5. The minimum atomic E-state index is -1.18. The Morgan fingerprint density at radius 3 is 2.08 bits per heavy atom. The number of methoxy groups -OCH3 is 1. The summed E-state index contributed by atoms with van der Waals surface area (Å²) in [6.07, 6.45) is -4.59. The molecule has 9 heteroatoms. The third-order valence-corrected chi connectivity index (χ3v) is 6.99. The van der Waals surface area contributed by atoms with Gasteiger partial charge in [0.2, 0.25) is 0 Å². The fraction of sp³-hybridized carbons (Fsp3) is 0.276. The average Bonchev–Trinajstić information content (AvgIpc) is 3.22. The molecular weight excluding hydrogens is 490 g/mol. The van der Waals surface area contributed by atoms with Crippen molar-refractivity contribution < 1.29 is 38.1 Å². The summed E-state index contributed by atoms with van der Waals surface area (Å²) in [7, 11) is 1.41. The second kappa shape index (κ2) is 10.1. The molecule has 0 aromatic heterocycles. The van der Waals surface area contributed by atoms with Gasteiger partial charge in [0.1, 0.15) is 18.2 Å². The van der Waals surface area contributed by atoms with Gasteiger partial charge in [0.15, 0.2) is 18.7 Å². The lowest BCUT2D eigenvalue weighted by Gasteiger charge is -2.50. The van der Waals surface area contributed by atoms with Crippen LogP contribution in [0.15, 0.2) is 84.9 Å². The Labute approximate surface area is 218 Å². The Hall–Kier alpha value is -3.89. The molecule has 3 aromatic rings. The van der Waals surface area contributed by atoms with Crippen molar-refractivity contribution in [3.05, 3.63) is 107 Å². The van der Waals surface area contributed by atoms with Crippen LogP contribution in [0.2, 0.25) is 0 Å². The zero-order chi connectivity index (χ0) is 26.2. The van der Waals surface area contributed by atoms with Crippen LogP contribution in [0.5, 0.6) is 0 Å². The molecule has 2 saturated heterocycles. The highest BCUT2D eigenvalue weighted by molar-refractivity contribution is 6.21. The minimum Gasteiger partial charge on any atom is -0.451 e. The first kappa shape index (κ1) is 24.4. The summed E-state index contributed by atoms with van der Waals surface area (Å²) in [6, 6.07) is 23.3. The maximum absolute atomic E-state index is 13.6. The van der Waals surface area contributed by atoms with E-state index in [0.717, 1.165) is 10.5 Å². The quantitative estimate of drug-likeness (QED) is 0.377. The van der Waals surface area contributed by atoms with Gasteiger partial charge >= 0.3 is 5.97 Å². The maximum atomic E-state index is 13.6. The lowest BCUT2D eigenvalue weighted by atomic mass is 9.93. The molecular formula is C29H25NO8. The van der Waals surface area contributed by atoms with Gasteiger partial charge in [-0.2, -0.15) is 0 Å². The molecule has 0 aliphatic carbocycles. The lowest BCUT2D eigenvalue weighted by molar-refractivity contribution is -0.344. The first-order valence-corrected chi connectivity index (χ1v) is 12.3. The highest BCUT2D eigenvalue weighted by Gasteiger charge is 2.58. The van der Waals surface area contributed by atoms with Crippen LogP contribution in [0.25, 0.3) is 0 Å². The number of nitrogens with zero attached hydrogens (tertiary/aromatic N) is 1. The number of carbonyl (C=O) groups excluding carboxylic acids is 3. The normalized spacial score (nSPS) is 28.5. The van der Waals surface area contributed by atoms with Crippen LogP contribution in [0.3, 0.4) is 0 Å². The third-order valence-electron chi connectivity index (χ3n) is 6.99. The first-order chi connectivity index (χ1) is 18.6. The summed E-state index contributed by atoms with van der Waals surface area (Å²) < 4.78 is 29.9. The Balaban J connectivity index is 1.41. The molecule has 3 aliphatic rings. The van der Waals surface area contributed by atoms with Crippen LogP contribution in [-0.2, 0) is 23.7 Å². The van der Waals surface area contributed by atoms with E-state index >= 15 is 0 Å². The van der Waals surface area contributed by atoms with Crippen molar-refractivity contribution in [2.45, 2.75) is 36.9 Å². The maximum Gasteiger partial charge on any atom is 0.338 e. The van der Waals surface area contributed by atoms with Gasteiger partial charge < -0.3 is 23.7 Å². The van der Waals surface area contributed by atoms with Gasteiger partial charge in [0, 0.05) is 12.7 Å². The third kappa shape index (κ3) is 4.19. The smallest absolute Gasteiger partial charge is 0.338 e. The van der Waals surface area contributed by atoms with Crippen LogP contribution in [-0.4, -0.2) is 67.0 Å². The molecule has 0 saturated carbocycles. The van der Waals surface area contributed by atoms with E-state index in [1.807, 2.05) is 30.3 Å². The number of amides is 2. The van der Waals surface area contributed by atoms with E-state index in [-0.39, 0.29) is 17.7 Å². The predicted molar refractivity (Wildman–Crippen MR) is 132 cm³/mol. The second-order valence-electron chi connectivity index (χ2n) is 9.21. The molecule has 2 fully saturated rings. The SMILES string of the molecule is CO[C@H]1O[C@@H]2CO[C@@H](c3ccccc3)O[C@H]2[C@@H](N2C(=O)c3ccccc3C2=O)[C@@H]1OC(=O)c1ccccc1. The molecule has 0 N–H and O–H groups in total. The predicted octanol–water partition coefficient (Wildman–Crippen LogP) is 3.36. The van der Waals surface area contributed by atoms with Crippen molar-refractivity contribution in [2.24, 2.45) is 0 Å². The number of benzene rings is 3. The molecule has 38 heavy (non-hydrogen) atoms. The first-order valence-electron chi connectivity index (χ1n) is 12.3. The van der Waals surface area contributed by atoms with Crippen LogP contribution in [0.4, 0.5) is 0 Å². The summed E-state index contributed by atoms with van der Waals surface area (Å²) in [6.45, 7) is 0.114. The van der Waals surface area contributed by atoms with E-state index < -0.39 is 54.7 Å². The summed E-state index contributed by atoms with van der Waals surface area (Å²) in [5.41, 5.74) is 1.61. The van der Waals surface area contributed by atoms with Gasteiger partial charge in [0.05, 0.1) is 23.3 Å². The number of rotatable bonds is 5. The van der Waals surface area contributed by atoms with Crippen LogP contribution >= 0.6 is 0 Å². The van der Waals surface area contributed by atoms with Gasteiger partial charge in [-0.25, -0.2) is 4.79 Å².